The normalized spacial score (nSPS) is 11.9. The Balaban J connectivity index is 3.38. The zero-order valence-corrected chi connectivity index (χ0v) is 9.41. The van der Waals surface area contributed by atoms with Crippen LogP contribution in [-0.4, -0.2) is 24.6 Å². The molecule has 0 aliphatic heterocycles. The molecule has 0 bridgehead atoms. The Labute approximate surface area is 90.4 Å². The van der Waals surface area contributed by atoms with Crippen molar-refractivity contribution < 1.29 is 14.3 Å². The Morgan fingerprint density at radius 2 is 1.93 bits per heavy atom. The van der Waals surface area contributed by atoms with Crippen LogP contribution in [0, 0.1) is 0 Å². The lowest BCUT2D eigenvalue weighted by atomic mass is 10.2. The molecule has 0 heterocycles. The van der Waals surface area contributed by atoms with Gasteiger partial charge in [0.25, 0.3) is 0 Å². The van der Waals surface area contributed by atoms with Gasteiger partial charge in [-0.25, -0.2) is 0 Å². The van der Waals surface area contributed by atoms with Gasteiger partial charge in [-0.15, -0.1) is 0 Å². The molecule has 88 valence electrons. The summed E-state index contributed by atoms with van der Waals surface area (Å²) in [5.41, 5.74) is 5.28. The first-order valence-electron chi connectivity index (χ1n) is 5.28. The highest BCUT2D eigenvalue weighted by Crippen LogP contribution is 2.01. The SMILES string of the molecule is CCNC(=O)CCCCC(=O)OC(C)N. The van der Waals surface area contributed by atoms with Crippen molar-refractivity contribution in [2.24, 2.45) is 5.73 Å². The topological polar surface area (TPSA) is 81.4 Å². The third-order valence-corrected chi connectivity index (χ3v) is 1.73. The van der Waals surface area contributed by atoms with Crippen molar-refractivity contribution in [3.05, 3.63) is 0 Å². The van der Waals surface area contributed by atoms with Gasteiger partial charge in [0.2, 0.25) is 5.91 Å². The number of hydrogen-bond acceptors (Lipinski definition) is 4. The number of amides is 1. The monoisotopic (exact) mass is 216 g/mol. The first kappa shape index (κ1) is 13.9. The van der Waals surface area contributed by atoms with Crippen LogP contribution < -0.4 is 11.1 Å². The van der Waals surface area contributed by atoms with Gasteiger partial charge in [-0.2, -0.15) is 0 Å². The van der Waals surface area contributed by atoms with Gasteiger partial charge in [0.15, 0.2) is 0 Å². The Bertz CT molecular complexity index is 205. The first-order valence-corrected chi connectivity index (χ1v) is 5.28. The third kappa shape index (κ3) is 9.21. The lowest BCUT2D eigenvalue weighted by Gasteiger charge is -2.07. The van der Waals surface area contributed by atoms with E-state index in [0.29, 0.717) is 32.2 Å². The van der Waals surface area contributed by atoms with Gasteiger partial charge in [-0.05, 0) is 26.7 Å². The minimum Gasteiger partial charge on any atom is -0.447 e. The van der Waals surface area contributed by atoms with Crippen LogP contribution in [0.1, 0.15) is 39.5 Å². The van der Waals surface area contributed by atoms with Crippen molar-refractivity contribution >= 4 is 11.9 Å². The molecule has 0 fully saturated rings. The van der Waals surface area contributed by atoms with Crippen LogP contribution >= 0.6 is 0 Å². The molecule has 0 aliphatic carbocycles. The van der Waals surface area contributed by atoms with Crippen molar-refractivity contribution in [1.82, 2.24) is 5.32 Å². The standard InChI is InChI=1S/C10H20N2O3/c1-3-12-9(13)6-4-5-7-10(14)15-8(2)11/h8H,3-7,11H2,1-2H3,(H,12,13). The summed E-state index contributed by atoms with van der Waals surface area (Å²) in [5.74, 6) is -0.279. The molecule has 1 unspecified atom stereocenters. The number of ether oxygens (including phenoxy) is 1. The van der Waals surface area contributed by atoms with Crippen molar-refractivity contribution in [3.8, 4) is 0 Å². The molecule has 0 rings (SSSR count). The lowest BCUT2D eigenvalue weighted by Crippen LogP contribution is -2.23. The van der Waals surface area contributed by atoms with Crippen LogP contribution in [-0.2, 0) is 14.3 Å². The van der Waals surface area contributed by atoms with Gasteiger partial charge in [0.1, 0.15) is 6.23 Å². The molecular formula is C10H20N2O3. The summed E-state index contributed by atoms with van der Waals surface area (Å²) < 4.78 is 4.74. The lowest BCUT2D eigenvalue weighted by molar-refractivity contribution is -0.148. The number of hydrogen-bond donors (Lipinski definition) is 2. The molecule has 0 saturated heterocycles. The third-order valence-electron chi connectivity index (χ3n) is 1.73. The summed E-state index contributed by atoms with van der Waals surface area (Å²) in [5, 5.41) is 2.69. The maximum Gasteiger partial charge on any atom is 0.307 e. The molecule has 1 amide bonds. The number of nitrogens with two attached hydrogens (primary N) is 1. The van der Waals surface area contributed by atoms with Gasteiger partial charge in [0, 0.05) is 19.4 Å². The predicted octanol–water partition coefficient (Wildman–Crippen LogP) is 0.531. The van der Waals surface area contributed by atoms with Gasteiger partial charge >= 0.3 is 5.97 Å². The highest BCUT2D eigenvalue weighted by atomic mass is 16.5. The van der Waals surface area contributed by atoms with E-state index in [1.807, 2.05) is 6.92 Å². The average molecular weight is 216 g/mol. The van der Waals surface area contributed by atoms with Crippen LogP contribution in [0.2, 0.25) is 0 Å². The molecule has 5 heteroatoms. The molecule has 0 spiro atoms. The van der Waals surface area contributed by atoms with Crippen LogP contribution in [0.25, 0.3) is 0 Å². The van der Waals surface area contributed by atoms with E-state index in [1.54, 1.807) is 6.92 Å². The van der Waals surface area contributed by atoms with Gasteiger partial charge < -0.3 is 10.1 Å². The van der Waals surface area contributed by atoms with Crippen LogP contribution in [0.15, 0.2) is 0 Å². The highest BCUT2D eigenvalue weighted by molar-refractivity contribution is 5.75. The molecule has 5 nitrogen and oxygen atoms in total. The molecule has 3 N–H and O–H groups in total. The van der Waals surface area contributed by atoms with Crippen LogP contribution in [0.5, 0.6) is 0 Å². The van der Waals surface area contributed by atoms with Crippen LogP contribution in [0.4, 0.5) is 0 Å². The zero-order valence-electron chi connectivity index (χ0n) is 9.41. The van der Waals surface area contributed by atoms with E-state index in [1.165, 1.54) is 0 Å². The summed E-state index contributed by atoms with van der Waals surface area (Å²) in [6.07, 6.45) is 1.57. The van der Waals surface area contributed by atoms with Gasteiger partial charge in [-0.1, -0.05) is 0 Å². The fraction of sp³-hybridized carbons (Fsp3) is 0.800. The first-order chi connectivity index (χ1) is 7.06. The highest BCUT2D eigenvalue weighted by Gasteiger charge is 2.06. The zero-order chi connectivity index (χ0) is 11.7. The van der Waals surface area contributed by atoms with Crippen molar-refractivity contribution in [1.29, 1.82) is 0 Å². The number of esters is 1. The smallest absolute Gasteiger partial charge is 0.307 e. The second-order valence-electron chi connectivity index (χ2n) is 3.36. The van der Waals surface area contributed by atoms with Crippen molar-refractivity contribution in [3.63, 3.8) is 0 Å². The minimum atomic E-state index is -0.555. The largest absolute Gasteiger partial charge is 0.447 e. The number of unbranched alkanes of at least 4 members (excludes halogenated alkanes) is 1. The number of rotatable bonds is 7. The molecule has 0 saturated carbocycles. The summed E-state index contributed by atoms with van der Waals surface area (Å²) in [6.45, 7) is 4.12. The fourth-order valence-electron chi connectivity index (χ4n) is 1.11. The maximum absolute atomic E-state index is 11.0. The van der Waals surface area contributed by atoms with Gasteiger partial charge in [-0.3, -0.25) is 15.3 Å². The minimum absolute atomic E-state index is 0.0260. The average Bonchev–Trinajstić information content (AvgIpc) is 2.12. The van der Waals surface area contributed by atoms with Gasteiger partial charge in [0.05, 0.1) is 0 Å². The van der Waals surface area contributed by atoms with Crippen molar-refractivity contribution in [2.75, 3.05) is 6.54 Å². The summed E-state index contributed by atoms with van der Waals surface area (Å²) >= 11 is 0. The van der Waals surface area contributed by atoms with E-state index in [0.717, 1.165) is 0 Å². The molecule has 0 aromatic rings. The van der Waals surface area contributed by atoms with Crippen LogP contribution in [0.3, 0.4) is 0 Å². The Kier molecular flexibility index (Phi) is 7.62. The Morgan fingerprint density at radius 3 is 2.47 bits per heavy atom. The Morgan fingerprint density at radius 1 is 1.33 bits per heavy atom. The second-order valence-corrected chi connectivity index (χ2v) is 3.36. The van der Waals surface area contributed by atoms with E-state index >= 15 is 0 Å². The number of carbonyl (C=O) groups excluding carboxylic acids is 2. The predicted molar refractivity (Wildman–Crippen MR) is 56.9 cm³/mol. The summed E-state index contributed by atoms with van der Waals surface area (Å²) in [4.78, 5) is 22.0. The van der Waals surface area contributed by atoms with Crippen molar-refractivity contribution in [2.45, 2.75) is 45.8 Å². The Hall–Kier alpha value is -1.10. The molecular weight excluding hydrogens is 196 g/mol. The molecule has 0 aliphatic rings. The molecule has 0 aromatic heterocycles. The quantitative estimate of drug-likeness (QED) is 0.369. The number of carbonyl (C=O) groups is 2. The molecule has 1 atom stereocenters. The maximum atomic E-state index is 11.0. The molecule has 0 aromatic carbocycles. The van der Waals surface area contributed by atoms with E-state index in [-0.39, 0.29) is 11.9 Å². The van der Waals surface area contributed by atoms with E-state index < -0.39 is 6.23 Å². The van der Waals surface area contributed by atoms with E-state index in [9.17, 15) is 9.59 Å². The molecule has 15 heavy (non-hydrogen) atoms. The van der Waals surface area contributed by atoms with E-state index in [4.69, 9.17) is 10.5 Å². The number of nitrogens with one attached hydrogen (secondary N) is 1. The molecule has 0 radical (unpaired) electrons. The second kappa shape index (κ2) is 8.23. The van der Waals surface area contributed by atoms with E-state index in [2.05, 4.69) is 5.32 Å². The summed E-state index contributed by atoms with van der Waals surface area (Å²) in [6, 6.07) is 0. The fourth-order valence-corrected chi connectivity index (χ4v) is 1.11. The summed E-state index contributed by atoms with van der Waals surface area (Å²) in [7, 11) is 0.